The smallest absolute Gasteiger partial charge is 0.322 e. The van der Waals surface area contributed by atoms with Crippen LogP contribution < -0.4 is 15.4 Å². The maximum atomic E-state index is 12.7. The lowest BCUT2D eigenvalue weighted by atomic mass is 10.2. The van der Waals surface area contributed by atoms with Crippen LogP contribution >= 0.6 is 0 Å². The van der Waals surface area contributed by atoms with Gasteiger partial charge in [-0.2, -0.15) is 0 Å². The molecule has 0 aliphatic carbocycles. The largest absolute Gasteiger partial charge is 0.422 e. The quantitative estimate of drug-likeness (QED) is 0.842. The van der Waals surface area contributed by atoms with E-state index >= 15 is 0 Å². The monoisotopic (exact) mass is 248 g/mol. The Hall–Kier alpha value is -2.37. The van der Waals surface area contributed by atoms with Gasteiger partial charge in [-0.1, -0.05) is 0 Å². The van der Waals surface area contributed by atoms with Crippen molar-refractivity contribution in [2.75, 3.05) is 24.7 Å². The van der Waals surface area contributed by atoms with E-state index in [4.69, 9.17) is 10.5 Å². The van der Waals surface area contributed by atoms with Crippen molar-refractivity contribution in [3.63, 3.8) is 0 Å². The van der Waals surface area contributed by atoms with E-state index in [1.54, 1.807) is 12.1 Å². The van der Waals surface area contributed by atoms with Gasteiger partial charge in [0.15, 0.2) is 11.6 Å². The molecule has 94 valence electrons. The van der Waals surface area contributed by atoms with Crippen molar-refractivity contribution in [3.05, 3.63) is 36.4 Å². The Balaban J connectivity index is 2.27. The first kappa shape index (κ1) is 12.1. The molecule has 0 unspecified atom stereocenters. The molecule has 1 heterocycles. The van der Waals surface area contributed by atoms with Gasteiger partial charge in [0.2, 0.25) is 0 Å². The van der Waals surface area contributed by atoms with Crippen LogP contribution in [0.25, 0.3) is 0 Å². The summed E-state index contributed by atoms with van der Waals surface area (Å²) in [5, 5.41) is 0. The van der Waals surface area contributed by atoms with E-state index in [1.165, 1.54) is 0 Å². The zero-order valence-corrected chi connectivity index (χ0v) is 10.1. The van der Waals surface area contributed by atoms with Gasteiger partial charge < -0.3 is 15.4 Å². The third-order valence-electron chi connectivity index (χ3n) is 2.31. The van der Waals surface area contributed by atoms with Gasteiger partial charge in [-0.05, 0) is 12.1 Å². The third-order valence-corrected chi connectivity index (χ3v) is 2.31. The molecule has 0 saturated carbocycles. The Kier molecular flexibility index (Phi) is 3.27. The fourth-order valence-corrected chi connectivity index (χ4v) is 1.34. The average molecular weight is 248 g/mol. The number of hydrogen-bond acceptors (Lipinski definition) is 5. The molecule has 0 radical (unpaired) electrons. The van der Waals surface area contributed by atoms with E-state index in [2.05, 4.69) is 9.97 Å². The number of nitrogens with zero attached hydrogens (tertiary/aromatic N) is 3. The molecule has 1 aromatic heterocycles. The molecule has 1 aromatic carbocycles. The summed E-state index contributed by atoms with van der Waals surface area (Å²) < 4.78 is 18.1. The van der Waals surface area contributed by atoms with Crippen molar-refractivity contribution >= 4 is 11.4 Å². The molecule has 0 saturated heterocycles. The molecule has 2 aromatic rings. The van der Waals surface area contributed by atoms with Gasteiger partial charge in [0.1, 0.15) is 0 Å². The number of rotatable bonds is 3. The van der Waals surface area contributed by atoms with Gasteiger partial charge in [0.05, 0.1) is 18.1 Å². The van der Waals surface area contributed by atoms with Gasteiger partial charge in [-0.25, -0.2) is 14.4 Å². The van der Waals surface area contributed by atoms with Crippen LogP contribution in [-0.4, -0.2) is 24.1 Å². The predicted molar refractivity (Wildman–Crippen MR) is 67.2 cm³/mol. The van der Waals surface area contributed by atoms with Crippen molar-refractivity contribution in [2.45, 2.75) is 0 Å². The summed E-state index contributed by atoms with van der Waals surface area (Å²) in [5.41, 5.74) is 7.19. The minimum atomic E-state index is -0.516. The van der Waals surface area contributed by atoms with Crippen LogP contribution in [0, 0.1) is 5.82 Å². The standard InChI is InChI=1S/C12H13FN4O/c1-17(2)9-3-4-10(14)11(5-9)18-12-15-6-8(13)7-16-12/h3-7H,14H2,1-2H3. The van der Waals surface area contributed by atoms with Gasteiger partial charge in [-0.3, -0.25) is 0 Å². The predicted octanol–water partition coefficient (Wildman–Crippen LogP) is 2.06. The summed E-state index contributed by atoms with van der Waals surface area (Å²) in [6.45, 7) is 0. The van der Waals surface area contributed by atoms with Gasteiger partial charge >= 0.3 is 6.01 Å². The van der Waals surface area contributed by atoms with Crippen molar-refractivity contribution < 1.29 is 9.13 Å². The number of anilines is 2. The van der Waals surface area contributed by atoms with E-state index in [1.807, 2.05) is 25.1 Å². The molecular formula is C12H13FN4O. The van der Waals surface area contributed by atoms with Crippen LogP contribution in [0.3, 0.4) is 0 Å². The van der Waals surface area contributed by atoms with Crippen LogP contribution in [0.15, 0.2) is 30.6 Å². The molecule has 0 amide bonds. The minimum Gasteiger partial charge on any atom is -0.422 e. The molecule has 0 aliphatic rings. The van der Waals surface area contributed by atoms with E-state index < -0.39 is 5.82 Å². The van der Waals surface area contributed by atoms with Gasteiger partial charge in [0, 0.05) is 25.8 Å². The van der Waals surface area contributed by atoms with Crippen molar-refractivity contribution in [1.29, 1.82) is 0 Å². The maximum absolute atomic E-state index is 12.7. The normalized spacial score (nSPS) is 10.2. The van der Waals surface area contributed by atoms with Gasteiger partial charge in [0.25, 0.3) is 0 Å². The number of nitrogens with two attached hydrogens (primary N) is 1. The number of ether oxygens (including phenoxy) is 1. The van der Waals surface area contributed by atoms with Crippen LogP contribution in [0.1, 0.15) is 0 Å². The van der Waals surface area contributed by atoms with Crippen molar-refractivity contribution in [3.8, 4) is 11.8 Å². The van der Waals surface area contributed by atoms with E-state index in [-0.39, 0.29) is 6.01 Å². The first-order valence-corrected chi connectivity index (χ1v) is 5.28. The molecule has 0 bridgehead atoms. The summed E-state index contributed by atoms with van der Waals surface area (Å²) in [6.07, 6.45) is 2.07. The molecule has 0 atom stereocenters. The fourth-order valence-electron chi connectivity index (χ4n) is 1.34. The van der Waals surface area contributed by atoms with Crippen molar-refractivity contribution in [2.24, 2.45) is 0 Å². The van der Waals surface area contributed by atoms with Crippen molar-refractivity contribution in [1.82, 2.24) is 9.97 Å². The number of aromatic nitrogens is 2. The lowest BCUT2D eigenvalue weighted by Gasteiger charge is -2.14. The summed E-state index contributed by atoms with van der Waals surface area (Å²) >= 11 is 0. The van der Waals surface area contributed by atoms with Gasteiger partial charge in [-0.15, -0.1) is 0 Å². The SMILES string of the molecule is CN(C)c1ccc(N)c(Oc2ncc(F)cn2)c1. The first-order chi connectivity index (χ1) is 8.56. The molecule has 0 aliphatic heterocycles. The Labute approximate surface area is 104 Å². The number of hydrogen-bond donors (Lipinski definition) is 1. The number of nitrogen functional groups attached to an aromatic ring is 1. The summed E-state index contributed by atoms with van der Waals surface area (Å²) in [4.78, 5) is 9.34. The second-order valence-corrected chi connectivity index (χ2v) is 3.90. The highest BCUT2D eigenvalue weighted by Crippen LogP contribution is 2.29. The lowest BCUT2D eigenvalue weighted by molar-refractivity contribution is 0.438. The summed E-state index contributed by atoms with van der Waals surface area (Å²) in [5.74, 6) is -0.0785. The van der Waals surface area contributed by atoms with Crippen LogP contribution in [-0.2, 0) is 0 Å². The van der Waals surface area contributed by atoms with E-state index in [9.17, 15) is 4.39 Å². The highest BCUT2D eigenvalue weighted by Gasteiger charge is 2.07. The molecule has 5 nitrogen and oxygen atoms in total. The number of halogens is 1. The molecule has 18 heavy (non-hydrogen) atoms. The maximum Gasteiger partial charge on any atom is 0.322 e. The second kappa shape index (κ2) is 4.87. The van der Waals surface area contributed by atoms with Crippen LogP contribution in [0.2, 0.25) is 0 Å². The first-order valence-electron chi connectivity index (χ1n) is 5.28. The van der Waals surface area contributed by atoms with E-state index in [0.29, 0.717) is 11.4 Å². The highest BCUT2D eigenvalue weighted by molar-refractivity contribution is 5.62. The second-order valence-electron chi connectivity index (χ2n) is 3.90. The highest BCUT2D eigenvalue weighted by atomic mass is 19.1. The minimum absolute atomic E-state index is 0.0546. The Morgan fingerprint density at radius 1 is 1.22 bits per heavy atom. The molecule has 2 rings (SSSR count). The summed E-state index contributed by atoms with van der Waals surface area (Å²) in [6, 6.07) is 5.42. The third kappa shape index (κ3) is 2.65. The Bertz CT molecular complexity index is 542. The zero-order chi connectivity index (χ0) is 13.1. The number of benzene rings is 1. The average Bonchev–Trinajstić information content (AvgIpc) is 2.34. The molecule has 6 heteroatoms. The van der Waals surface area contributed by atoms with Crippen LogP contribution in [0.4, 0.5) is 15.8 Å². The fraction of sp³-hybridized carbons (Fsp3) is 0.167. The molecule has 0 fully saturated rings. The molecule has 2 N–H and O–H groups in total. The molecule has 0 spiro atoms. The summed E-state index contributed by atoms with van der Waals surface area (Å²) in [7, 11) is 3.81. The Morgan fingerprint density at radius 2 is 1.89 bits per heavy atom. The topological polar surface area (TPSA) is 64.3 Å². The molecular weight excluding hydrogens is 235 g/mol. The van der Waals surface area contributed by atoms with E-state index in [0.717, 1.165) is 18.1 Å². The lowest BCUT2D eigenvalue weighted by Crippen LogP contribution is -2.09. The zero-order valence-electron chi connectivity index (χ0n) is 10.1. The Morgan fingerprint density at radius 3 is 2.50 bits per heavy atom. The van der Waals surface area contributed by atoms with Crippen LogP contribution in [0.5, 0.6) is 11.8 Å².